The van der Waals surface area contributed by atoms with E-state index in [0.717, 1.165) is 24.1 Å². The van der Waals surface area contributed by atoms with E-state index in [1.165, 1.54) is 5.56 Å². The summed E-state index contributed by atoms with van der Waals surface area (Å²) in [7, 11) is 0. The number of allylic oxidation sites excluding steroid dienone is 4. The fourth-order valence-electron chi connectivity index (χ4n) is 3.29. The van der Waals surface area contributed by atoms with Crippen LogP contribution in [0.25, 0.3) is 0 Å². The largest absolute Gasteiger partial charge is 0.331 e. The summed E-state index contributed by atoms with van der Waals surface area (Å²) < 4.78 is 0. The highest BCUT2D eigenvalue weighted by molar-refractivity contribution is 5.89. The Bertz CT molecular complexity index is 793. The van der Waals surface area contributed by atoms with Crippen molar-refractivity contribution in [2.24, 2.45) is 5.41 Å². The van der Waals surface area contributed by atoms with Crippen LogP contribution in [-0.4, -0.2) is 6.03 Å². The van der Waals surface area contributed by atoms with Crippen LogP contribution in [0, 0.1) is 12.3 Å². The summed E-state index contributed by atoms with van der Waals surface area (Å²) in [6.07, 6.45) is 10.4. The molecule has 2 atom stereocenters. The molecule has 3 nitrogen and oxygen atoms in total. The summed E-state index contributed by atoms with van der Waals surface area (Å²) in [4.78, 5) is 12.6. The smallest absolute Gasteiger partial charge is 0.319 e. The molecule has 2 unspecified atom stereocenters. The predicted molar refractivity (Wildman–Crippen MR) is 108 cm³/mol. The number of hydrogen-bond donors (Lipinski definition) is 2. The standard InChI is InChI=1S/C23H26N2O/c1-18-11-13-20(14-12-18)24-22(26)25-21(19-9-5-3-6-10-19)17-23(2)15-7-4-8-16-23/h3-15,21H,16-17H2,1-2H3,(H2,24,25,26). The Morgan fingerprint density at radius 2 is 1.81 bits per heavy atom. The normalized spacial score (nSPS) is 19.8. The number of aryl methyl sites for hydroxylation is 1. The Morgan fingerprint density at radius 1 is 1.08 bits per heavy atom. The maximum atomic E-state index is 12.6. The SMILES string of the molecule is Cc1ccc(NC(=O)NC(CC2(C)C=CC=CC2)c2ccccc2)cc1. The highest BCUT2D eigenvalue weighted by Gasteiger charge is 2.27. The lowest BCUT2D eigenvalue weighted by molar-refractivity contribution is 0.242. The lowest BCUT2D eigenvalue weighted by Crippen LogP contribution is -2.35. The fourth-order valence-corrected chi connectivity index (χ4v) is 3.29. The minimum absolute atomic E-state index is 0.0341. The molecule has 2 N–H and O–H groups in total. The van der Waals surface area contributed by atoms with Crippen LogP contribution in [-0.2, 0) is 0 Å². The topological polar surface area (TPSA) is 41.1 Å². The average Bonchev–Trinajstić information content (AvgIpc) is 2.64. The van der Waals surface area contributed by atoms with Gasteiger partial charge in [-0.05, 0) is 42.9 Å². The quantitative estimate of drug-likeness (QED) is 0.709. The van der Waals surface area contributed by atoms with Crippen molar-refractivity contribution in [3.63, 3.8) is 0 Å². The second kappa shape index (κ2) is 8.05. The van der Waals surface area contributed by atoms with Gasteiger partial charge in [-0.25, -0.2) is 4.79 Å². The van der Waals surface area contributed by atoms with Crippen molar-refractivity contribution >= 4 is 11.7 Å². The number of carbonyl (C=O) groups excluding carboxylic acids is 1. The third-order valence-corrected chi connectivity index (χ3v) is 4.82. The predicted octanol–water partition coefficient (Wildman–Crippen LogP) is 5.77. The Morgan fingerprint density at radius 3 is 2.46 bits per heavy atom. The molecule has 1 aliphatic rings. The van der Waals surface area contributed by atoms with Gasteiger partial charge in [-0.1, -0.05) is 79.3 Å². The summed E-state index contributed by atoms with van der Waals surface area (Å²) in [6.45, 7) is 4.27. The highest BCUT2D eigenvalue weighted by Crippen LogP contribution is 2.36. The molecule has 0 fully saturated rings. The number of hydrogen-bond acceptors (Lipinski definition) is 1. The number of carbonyl (C=O) groups is 1. The number of benzene rings is 2. The molecule has 2 amide bonds. The van der Waals surface area contributed by atoms with Gasteiger partial charge in [-0.15, -0.1) is 0 Å². The van der Waals surface area contributed by atoms with Crippen LogP contribution in [0.2, 0.25) is 0 Å². The fraction of sp³-hybridized carbons (Fsp3) is 0.261. The zero-order valence-electron chi connectivity index (χ0n) is 15.4. The Hall–Kier alpha value is -2.81. The molecule has 0 bridgehead atoms. The molecule has 1 aliphatic carbocycles. The van der Waals surface area contributed by atoms with Crippen molar-refractivity contribution in [2.75, 3.05) is 5.32 Å². The van der Waals surface area contributed by atoms with E-state index in [2.05, 4.69) is 54.0 Å². The van der Waals surface area contributed by atoms with Crippen LogP contribution in [0.15, 0.2) is 78.9 Å². The van der Waals surface area contributed by atoms with E-state index in [4.69, 9.17) is 0 Å². The first kappa shape index (κ1) is 18.0. The first-order valence-electron chi connectivity index (χ1n) is 9.08. The van der Waals surface area contributed by atoms with Crippen LogP contribution in [0.1, 0.15) is 36.9 Å². The molecule has 2 aromatic rings. The molecule has 0 saturated heterocycles. The molecule has 2 aromatic carbocycles. The van der Waals surface area contributed by atoms with Gasteiger partial charge in [0, 0.05) is 5.69 Å². The van der Waals surface area contributed by atoms with Gasteiger partial charge in [-0.2, -0.15) is 0 Å². The van der Waals surface area contributed by atoms with Crippen LogP contribution in [0.3, 0.4) is 0 Å². The Kier molecular flexibility index (Phi) is 5.57. The van der Waals surface area contributed by atoms with Crippen LogP contribution in [0.5, 0.6) is 0 Å². The van der Waals surface area contributed by atoms with E-state index in [-0.39, 0.29) is 17.5 Å². The second-order valence-corrected chi connectivity index (χ2v) is 7.28. The lowest BCUT2D eigenvalue weighted by Gasteiger charge is -2.32. The first-order valence-corrected chi connectivity index (χ1v) is 9.08. The minimum Gasteiger partial charge on any atom is -0.331 e. The molecule has 0 saturated carbocycles. The molecule has 0 radical (unpaired) electrons. The number of urea groups is 1. The molecular weight excluding hydrogens is 320 g/mol. The van der Waals surface area contributed by atoms with Gasteiger partial charge in [0.2, 0.25) is 0 Å². The third-order valence-electron chi connectivity index (χ3n) is 4.82. The maximum Gasteiger partial charge on any atom is 0.319 e. The minimum atomic E-state index is -0.179. The van der Waals surface area contributed by atoms with Crippen molar-refractivity contribution in [1.82, 2.24) is 5.32 Å². The molecule has 134 valence electrons. The summed E-state index contributed by atoms with van der Waals surface area (Å²) in [5, 5.41) is 6.10. The summed E-state index contributed by atoms with van der Waals surface area (Å²) in [5.41, 5.74) is 3.12. The molecular formula is C23H26N2O. The van der Waals surface area contributed by atoms with E-state index < -0.39 is 0 Å². The van der Waals surface area contributed by atoms with Gasteiger partial charge >= 0.3 is 6.03 Å². The molecule has 3 rings (SSSR count). The van der Waals surface area contributed by atoms with E-state index >= 15 is 0 Å². The molecule has 0 aromatic heterocycles. The summed E-state index contributed by atoms with van der Waals surface area (Å²) >= 11 is 0. The van der Waals surface area contributed by atoms with E-state index in [0.29, 0.717) is 0 Å². The summed E-state index contributed by atoms with van der Waals surface area (Å²) in [6, 6.07) is 17.8. The first-order chi connectivity index (χ1) is 12.5. The van der Waals surface area contributed by atoms with Crippen molar-refractivity contribution in [3.05, 3.63) is 90.0 Å². The van der Waals surface area contributed by atoms with E-state index in [1.807, 2.05) is 49.4 Å². The van der Waals surface area contributed by atoms with Crippen molar-refractivity contribution in [2.45, 2.75) is 32.7 Å². The monoisotopic (exact) mass is 346 g/mol. The van der Waals surface area contributed by atoms with Crippen molar-refractivity contribution in [1.29, 1.82) is 0 Å². The molecule has 3 heteroatoms. The zero-order chi connectivity index (χ0) is 18.4. The Balaban J connectivity index is 1.73. The number of anilines is 1. The van der Waals surface area contributed by atoms with Gasteiger partial charge in [0.05, 0.1) is 6.04 Å². The van der Waals surface area contributed by atoms with Crippen LogP contribution in [0.4, 0.5) is 10.5 Å². The van der Waals surface area contributed by atoms with Gasteiger partial charge in [-0.3, -0.25) is 0 Å². The van der Waals surface area contributed by atoms with Crippen LogP contribution < -0.4 is 10.6 Å². The molecule has 0 aliphatic heterocycles. The maximum absolute atomic E-state index is 12.6. The summed E-state index contributed by atoms with van der Waals surface area (Å²) in [5.74, 6) is 0. The van der Waals surface area contributed by atoms with Crippen molar-refractivity contribution < 1.29 is 4.79 Å². The zero-order valence-corrected chi connectivity index (χ0v) is 15.4. The average molecular weight is 346 g/mol. The van der Waals surface area contributed by atoms with Crippen molar-refractivity contribution in [3.8, 4) is 0 Å². The van der Waals surface area contributed by atoms with E-state index in [9.17, 15) is 4.79 Å². The number of amides is 2. The lowest BCUT2D eigenvalue weighted by atomic mass is 9.77. The van der Waals surface area contributed by atoms with Gasteiger partial charge in [0.1, 0.15) is 0 Å². The second-order valence-electron chi connectivity index (χ2n) is 7.28. The third kappa shape index (κ3) is 4.85. The molecule has 0 spiro atoms. The molecule has 26 heavy (non-hydrogen) atoms. The van der Waals surface area contributed by atoms with Gasteiger partial charge < -0.3 is 10.6 Å². The number of nitrogens with one attached hydrogen (secondary N) is 2. The highest BCUT2D eigenvalue weighted by atomic mass is 16.2. The van der Waals surface area contributed by atoms with Gasteiger partial charge in [0.15, 0.2) is 0 Å². The molecule has 0 heterocycles. The van der Waals surface area contributed by atoms with Gasteiger partial charge in [0.25, 0.3) is 0 Å². The Labute approximate surface area is 155 Å². The number of rotatable bonds is 5. The van der Waals surface area contributed by atoms with Crippen LogP contribution >= 0.6 is 0 Å². The van der Waals surface area contributed by atoms with E-state index in [1.54, 1.807) is 0 Å².